The smallest absolute Gasteiger partial charge is 0.238 e. The highest BCUT2D eigenvalue weighted by atomic mass is 32.2. The Hall–Kier alpha value is -1.40. The van der Waals surface area contributed by atoms with E-state index in [9.17, 15) is 13.2 Å². The average Bonchev–Trinajstić information content (AvgIpc) is 2.97. The molecule has 1 aromatic rings. The van der Waals surface area contributed by atoms with Crippen LogP contribution in [0.15, 0.2) is 29.2 Å². The Labute approximate surface area is 125 Å². The first-order valence-electron chi connectivity index (χ1n) is 7.11. The molecule has 116 valence electrons. The molecule has 1 amide bonds. The van der Waals surface area contributed by atoms with Gasteiger partial charge in [0.15, 0.2) is 9.84 Å². The predicted octanol–water partition coefficient (Wildman–Crippen LogP) is 1.45. The number of benzene rings is 1. The molecule has 0 bridgehead atoms. The molecular formula is C15H21NO4S. The first-order valence-corrected chi connectivity index (χ1v) is 8.66. The molecular weight excluding hydrogens is 290 g/mol. The van der Waals surface area contributed by atoms with Crippen molar-refractivity contribution in [3.63, 3.8) is 0 Å². The topological polar surface area (TPSA) is 72.5 Å². The lowest BCUT2D eigenvalue weighted by Gasteiger charge is -2.15. The molecule has 1 N–H and O–H groups in total. The molecule has 0 saturated carbocycles. The molecule has 2 atom stereocenters. The summed E-state index contributed by atoms with van der Waals surface area (Å²) in [5.74, 6) is -0.480. The Balaban J connectivity index is 2.01. The van der Waals surface area contributed by atoms with Gasteiger partial charge in [0.05, 0.1) is 11.0 Å². The average molecular weight is 311 g/mol. The first kappa shape index (κ1) is 16.0. The van der Waals surface area contributed by atoms with Crippen molar-refractivity contribution < 1.29 is 17.9 Å². The van der Waals surface area contributed by atoms with E-state index in [1.54, 1.807) is 12.1 Å². The van der Waals surface area contributed by atoms with Gasteiger partial charge in [0, 0.05) is 13.2 Å². The summed E-state index contributed by atoms with van der Waals surface area (Å²) < 4.78 is 30.2. The van der Waals surface area contributed by atoms with Gasteiger partial charge in [-0.15, -0.1) is 0 Å². The summed E-state index contributed by atoms with van der Waals surface area (Å²) in [6.45, 7) is 4.37. The third-order valence-corrected chi connectivity index (χ3v) is 5.79. The number of hydrogen-bond acceptors (Lipinski definition) is 4. The second-order valence-corrected chi connectivity index (χ2v) is 7.65. The highest BCUT2D eigenvalue weighted by molar-refractivity contribution is 7.92. The zero-order chi connectivity index (χ0) is 15.5. The molecule has 1 fully saturated rings. The molecule has 2 unspecified atom stereocenters. The van der Waals surface area contributed by atoms with Crippen LogP contribution in [0, 0.1) is 6.92 Å². The van der Waals surface area contributed by atoms with E-state index in [1.165, 1.54) is 19.1 Å². The van der Waals surface area contributed by atoms with Gasteiger partial charge in [-0.1, -0.05) is 17.7 Å². The van der Waals surface area contributed by atoms with Crippen molar-refractivity contribution in [1.29, 1.82) is 0 Å². The second kappa shape index (κ2) is 6.58. The summed E-state index contributed by atoms with van der Waals surface area (Å²) in [7, 11) is -3.65. The highest BCUT2D eigenvalue weighted by Gasteiger charge is 2.30. The minimum atomic E-state index is -3.65. The summed E-state index contributed by atoms with van der Waals surface area (Å²) in [4.78, 5) is 12.2. The highest BCUT2D eigenvalue weighted by Crippen LogP contribution is 2.17. The summed E-state index contributed by atoms with van der Waals surface area (Å²) >= 11 is 0. The lowest BCUT2D eigenvalue weighted by Crippen LogP contribution is -2.41. The van der Waals surface area contributed by atoms with Crippen LogP contribution in [0.3, 0.4) is 0 Å². The minimum Gasteiger partial charge on any atom is -0.376 e. The van der Waals surface area contributed by atoms with Crippen molar-refractivity contribution >= 4 is 15.7 Å². The van der Waals surface area contributed by atoms with Crippen LogP contribution >= 0.6 is 0 Å². The lowest BCUT2D eigenvalue weighted by molar-refractivity contribution is -0.120. The van der Waals surface area contributed by atoms with E-state index in [4.69, 9.17) is 4.74 Å². The van der Waals surface area contributed by atoms with Gasteiger partial charge in [0.25, 0.3) is 0 Å². The predicted molar refractivity (Wildman–Crippen MR) is 79.8 cm³/mol. The lowest BCUT2D eigenvalue weighted by atomic mass is 10.2. The van der Waals surface area contributed by atoms with Crippen molar-refractivity contribution in [2.75, 3.05) is 13.2 Å². The molecule has 0 aliphatic carbocycles. The molecule has 0 radical (unpaired) electrons. The van der Waals surface area contributed by atoms with Crippen LogP contribution < -0.4 is 5.32 Å². The van der Waals surface area contributed by atoms with Crippen LogP contribution in [-0.2, 0) is 19.4 Å². The Morgan fingerprint density at radius 3 is 2.62 bits per heavy atom. The van der Waals surface area contributed by atoms with Crippen molar-refractivity contribution in [2.24, 2.45) is 0 Å². The Morgan fingerprint density at radius 2 is 2.05 bits per heavy atom. The van der Waals surface area contributed by atoms with Crippen LogP contribution in [0.1, 0.15) is 25.3 Å². The molecule has 2 rings (SSSR count). The fourth-order valence-corrected chi connectivity index (χ4v) is 3.53. The number of ether oxygens (including phenoxy) is 1. The molecule has 1 saturated heterocycles. The minimum absolute atomic E-state index is 0.00299. The van der Waals surface area contributed by atoms with Crippen LogP contribution in [0.5, 0.6) is 0 Å². The van der Waals surface area contributed by atoms with Crippen molar-refractivity contribution in [3.8, 4) is 0 Å². The number of hydrogen-bond donors (Lipinski definition) is 1. The van der Waals surface area contributed by atoms with Crippen LogP contribution in [0.2, 0.25) is 0 Å². The van der Waals surface area contributed by atoms with Gasteiger partial charge in [-0.2, -0.15) is 0 Å². The van der Waals surface area contributed by atoms with E-state index < -0.39 is 21.0 Å². The Morgan fingerprint density at radius 1 is 1.38 bits per heavy atom. The molecule has 6 heteroatoms. The zero-order valence-electron chi connectivity index (χ0n) is 12.3. The number of carbonyl (C=O) groups excluding carboxylic acids is 1. The van der Waals surface area contributed by atoms with Gasteiger partial charge in [0.2, 0.25) is 5.91 Å². The van der Waals surface area contributed by atoms with Gasteiger partial charge in [0.1, 0.15) is 5.25 Å². The fraction of sp³-hybridized carbons (Fsp3) is 0.533. The van der Waals surface area contributed by atoms with Gasteiger partial charge < -0.3 is 10.1 Å². The third-order valence-electron chi connectivity index (χ3n) is 3.71. The Bertz CT molecular complexity index is 589. The standard InChI is InChI=1S/C15H21NO4S/c1-11-5-7-14(8-6-11)21(18,19)12(2)15(17)16-10-13-4-3-9-20-13/h5-8,12-13H,3-4,9-10H2,1-2H3,(H,16,17). The van der Waals surface area contributed by atoms with E-state index in [-0.39, 0.29) is 11.0 Å². The van der Waals surface area contributed by atoms with Crippen LogP contribution in [-0.4, -0.2) is 38.8 Å². The number of aryl methyl sites for hydroxylation is 1. The number of amides is 1. The molecule has 21 heavy (non-hydrogen) atoms. The SMILES string of the molecule is Cc1ccc(S(=O)(=O)C(C)C(=O)NCC2CCCO2)cc1. The van der Waals surface area contributed by atoms with Gasteiger partial charge in [-0.3, -0.25) is 4.79 Å². The molecule has 1 aliphatic heterocycles. The van der Waals surface area contributed by atoms with E-state index in [1.807, 2.05) is 6.92 Å². The van der Waals surface area contributed by atoms with Gasteiger partial charge in [-0.05, 0) is 38.8 Å². The molecule has 5 nitrogen and oxygen atoms in total. The molecule has 1 aliphatic rings. The van der Waals surface area contributed by atoms with Gasteiger partial charge in [-0.25, -0.2) is 8.42 Å². The maximum Gasteiger partial charge on any atom is 0.238 e. The second-order valence-electron chi connectivity index (χ2n) is 5.38. The van der Waals surface area contributed by atoms with E-state index >= 15 is 0 Å². The Kier molecular flexibility index (Phi) is 5.00. The third kappa shape index (κ3) is 3.83. The fourth-order valence-electron chi connectivity index (χ4n) is 2.24. The molecule has 1 aromatic carbocycles. The van der Waals surface area contributed by atoms with E-state index in [0.717, 1.165) is 18.4 Å². The van der Waals surface area contributed by atoms with Gasteiger partial charge >= 0.3 is 0 Å². The van der Waals surface area contributed by atoms with Crippen molar-refractivity contribution in [2.45, 2.75) is 42.9 Å². The molecule has 1 heterocycles. The van der Waals surface area contributed by atoms with Crippen LogP contribution in [0.25, 0.3) is 0 Å². The molecule has 0 spiro atoms. The van der Waals surface area contributed by atoms with E-state index in [2.05, 4.69) is 5.32 Å². The first-order chi connectivity index (χ1) is 9.91. The van der Waals surface area contributed by atoms with Crippen molar-refractivity contribution in [3.05, 3.63) is 29.8 Å². The van der Waals surface area contributed by atoms with Crippen molar-refractivity contribution in [1.82, 2.24) is 5.32 Å². The normalized spacial score (nSPS) is 20.2. The summed E-state index contributed by atoms with van der Waals surface area (Å²) in [5, 5.41) is 1.56. The van der Waals surface area contributed by atoms with Crippen LogP contribution in [0.4, 0.5) is 0 Å². The number of nitrogens with one attached hydrogen (secondary N) is 1. The maximum absolute atomic E-state index is 12.4. The maximum atomic E-state index is 12.4. The quantitative estimate of drug-likeness (QED) is 0.893. The number of sulfone groups is 1. The summed E-state index contributed by atoms with van der Waals surface area (Å²) in [6, 6.07) is 6.52. The van der Waals surface area contributed by atoms with E-state index in [0.29, 0.717) is 13.2 Å². The number of carbonyl (C=O) groups is 1. The zero-order valence-corrected chi connectivity index (χ0v) is 13.2. The summed E-state index contributed by atoms with van der Waals surface area (Å²) in [5.41, 5.74) is 0.976. The largest absolute Gasteiger partial charge is 0.376 e. The number of rotatable bonds is 5. The summed E-state index contributed by atoms with van der Waals surface area (Å²) in [6.07, 6.45) is 1.89. The monoisotopic (exact) mass is 311 g/mol. The molecule has 0 aromatic heterocycles.